The van der Waals surface area contributed by atoms with Gasteiger partial charge < -0.3 is 4.57 Å². The minimum absolute atomic E-state index is 0.826. The first-order chi connectivity index (χ1) is 33.2. The van der Waals surface area contributed by atoms with Crippen LogP contribution in [0.3, 0.4) is 0 Å². The molecule has 0 saturated heterocycles. The van der Waals surface area contributed by atoms with E-state index in [0.717, 1.165) is 61.4 Å². The third-order valence-electron chi connectivity index (χ3n) is 13.4. The molecule has 3 heteroatoms. The molecule has 0 atom stereocenters. The first kappa shape index (κ1) is 38.5. The van der Waals surface area contributed by atoms with E-state index >= 15 is 0 Å². The zero-order valence-corrected chi connectivity index (χ0v) is 36.5. The molecule has 0 fully saturated rings. The van der Waals surface area contributed by atoms with E-state index in [2.05, 4.69) is 253 Å². The second kappa shape index (κ2) is 16.0. The van der Waals surface area contributed by atoms with E-state index in [-0.39, 0.29) is 0 Å². The monoisotopic (exact) mass is 851 g/mol. The van der Waals surface area contributed by atoms with Crippen LogP contribution in [0, 0.1) is 0 Å². The maximum atomic E-state index is 5.59. The molecule has 67 heavy (non-hydrogen) atoms. The van der Waals surface area contributed by atoms with Gasteiger partial charge in [-0.1, -0.05) is 218 Å². The largest absolute Gasteiger partial charge is 0.309 e. The van der Waals surface area contributed by atoms with E-state index in [1.54, 1.807) is 0 Å². The minimum Gasteiger partial charge on any atom is -0.309 e. The quantitative estimate of drug-likeness (QED) is 0.160. The standard InChI is InChI=1S/C64H41N3/c1-5-17-42(18-6-1)44-29-33-48(34-30-44)63-64(49-35-31-45(32-36-49)43-19-7-2-8-20-43)66-58-39-50(37-38-57(58)65-63)67-59-40-55(46-21-9-3-10-22-46)51-25-13-15-27-53(51)61(59)62-54-28-16-14-26-52(54)56(41-60(62)67)47-23-11-4-12-24-47/h1-41H. The zero-order valence-electron chi connectivity index (χ0n) is 36.5. The number of hydrogen-bond donors (Lipinski definition) is 0. The third-order valence-corrected chi connectivity index (χ3v) is 13.4. The summed E-state index contributed by atoms with van der Waals surface area (Å²) in [4.78, 5) is 11.1. The fourth-order valence-electron chi connectivity index (χ4n) is 10.2. The predicted octanol–water partition coefficient (Wildman–Crippen LogP) is 17.0. The molecule has 0 N–H and O–H groups in total. The van der Waals surface area contributed by atoms with Gasteiger partial charge in [0.25, 0.3) is 0 Å². The van der Waals surface area contributed by atoms with Crippen LogP contribution in [0.4, 0.5) is 0 Å². The summed E-state index contributed by atoms with van der Waals surface area (Å²) in [5.74, 6) is 0. The van der Waals surface area contributed by atoms with Crippen LogP contribution in [0.25, 0.3) is 127 Å². The van der Waals surface area contributed by atoms with Crippen LogP contribution in [0.5, 0.6) is 0 Å². The van der Waals surface area contributed by atoms with Crippen molar-refractivity contribution in [2.24, 2.45) is 0 Å². The highest BCUT2D eigenvalue weighted by molar-refractivity contribution is 6.31. The van der Waals surface area contributed by atoms with Crippen molar-refractivity contribution in [1.29, 1.82) is 0 Å². The summed E-state index contributed by atoms with van der Waals surface area (Å²) in [5.41, 5.74) is 18.1. The Morgan fingerprint density at radius 2 is 0.597 bits per heavy atom. The summed E-state index contributed by atoms with van der Waals surface area (Å²) >= 11 is 0. The van der Waals surface area contributed by atoms with Gasteiger partial charge in [-0.3, -0.25) is 0 Å². The third kappa shape index (κ3) is 6.59. The second-order valence-corrected chi connectivity index (χ2v) is 17.3. The van der Waals surface area contributed by atoms with Gasteiger partial charge in [-0.05, 0) is 96.4 Å². The average molecular weight is 852 g/mol. The van der Waals surface area contributed by atoms with Crippen molar-refractivity contribution in [3.05, 3.63) is 249 Å². The molecule has 0 aliphatic heterocycles. The Labute approximate surface area is 388 Å². The Hall–Kier alpha value is -8.92. The van der Waals surface area contributed by atoms with Gasteiger partial charge in [-0.25, -0.2) is 9.97 Å². The van der Waals surface area contributed by atoms with Gasteiger partial charge in [0.15, 0.2) is 0 Å². The molecule has 3 nitrogen and oxygen atoms in total. The molecule has 13 rings (SSSR count). The summed E-state index contributed by atoms with van der Waals surface area (Å²) in [6, 6.07) is 89.3. The van der Waals surface area contributed by atoms with Gasteiger partial charge in [0.1, 0.15) is 0 Å². The highest BCUT2D eigenvalue weighted by atomic mass is 15.0. The highest BCUT2D eigenvalue weighted by Gasteiger charge is 2.23. The number of fused-ring (bicyclic) bond motifs is 8. The van der Waals surface area contributed by atoms with Crippen molar-refractivity contribution in [3.8, 4) is 72.7 Å². The molecule has 0 unspecified atom stereocenters. The number of benzene rings is 11. The van der Waals surface area contributed by atoms with E-state index in [9.17, 15) is 0 Å². The molecule has 0 aliphatic carbocycles. The van der Waals surface area contributed by atoms with Crippen molar-refractivity contribution in [2.75, 3.05) is 0 Å². The Morgan fingerprint density at radius 3 is 1.03 bits per heavy atom. The first-order valence-corrected chi connectivity index (χ1v) is 22.9. The van der Waals surface area contributed by atoms with Crippen molar-refractivity contribution in [2.45, 2.75) is 0 Å². The van der Waals surface area contributed by atoms with Crippen molar-refractivity contribution < 1.29 is 0 Å². The Kier molecular flexibility index (Phi) is 9.17. The molecule has 0 spiro atoms. The van der Waals surface area contributed by atoms with Crippen molar-refractivity contribution in [1.82, 2.24) is 14.5 Å². The summed E-state index contributed by atoms with van der Waals surface area (Å²) in [7, 11) is 0. The van der Waals surface area contributed by atoms with E-state index < -0.39 is 0 Å². The molecule has 0 bridgehead atoms. The minimum atomic E-state index is 0.826. The fourth-order valence-corrected chi connectivity index (χ4v) is 10.2. The maximum absolute atomic E-state index is 5.59. The fraction of sp³-hybridized carbons (Fsp3) is 0. The Morgan fingerprint density at radius 1 is 0.254 bits per heavy atom. The molecule has 2 aromatic heterocycles. The lowest BCUT2D eigenvalue weighted by Crippen LogP contribution is -1.99. The van der Waals surface area contributed by atoms with E-state index in [1.165, 1.54) is 65.7 Å². The molecular formula is C64H41N3. The molecule has 13 aromatic rings. The molecular weight excluding hydrogens is 811 g/mol. The van der Waals surface area contributed by atoms with E-state index in [0.29, 0.717) is 0 Å². The Bertz CT molecular complexity index is 3840. The van der Waals surface area contributed by atoms with Crippen LogP contribution in [0.2, 0.25) is 0 Å². The molecule has 0 aliphatic rings. The van der Waals surface area contributed by atoms with Crippen LogP contribution in [-0.2, 0) is 0 Å². The summed E-state index contributed by atoms with van der Waals surface area (Å²) in [6.07, 6.45) is 0. The van der Waals surface area contributed by atoms with Gasteiger partial charge in [-0.2, -0.15) is 0 Å². The predicted molar refractivity (Wildman–Crippen MR) is 282 cm³/mol. The lowest BCUT2D eigenvalue weighted by Gasteiger charge is -2.15. The zero-order chi connectivity index (χ0) is 44.3. The lowest BCUT2D eigenvalue weighted by atomic mass is 9.92. The van der Waals surface area contributed by atoms with Crippen LogP contribution in [0.15, 0.2) is 249 Å². The Balaban J connectivity index is 1.08. The van der Waals surface area contributed by atoms with E-state index in [1.807, 2.05) is 0 Å². The van der Waals surface area contributed by atoms with Gasteiger partial charge in [0.2, 0.25) is 0 Å². The highest BCUT2D eigenvalue weighted by Crippen LogP contribution is 2.46. The second-order valence-electron chi connectivity index (χ2n) is 17.3. The van der Waals surface area contributed by atoms with Crippen LogP contribution < -0.4 is 0 Å². The molecule has 11 aromatic carbocycles. The normalized spacial score (nSPS) is 11.6. The molecule has 312 valence electrons. The van der Waals surface area contributed by atoms with Gasteiger partial charge in [0, 0.05) is 27.6 Å². The number of nitrogens with zero attached hydrogens (tertiary/aromatic N) is 3. The van der Waals surface area contributed by atoms with Gasteiger partial charge >= 0.3 is 0 Å². The number of hydrogen-bond acceptors (Lipinski definition) is 2. The van der Waals surface area contributed by atoms with E-state index in [4.69, 9.17) is 9.97 Å². The smallest absolute Gasteiger partial charge is 0.0973 e. The molecule has 0 amide bonds. The van der Waals surface area contributed by atoms with Crippen LogP contribution >= 0.6 is 0 Å². The summed E-state index contributed by atoms with van der Waals surface area (Å²) < 4.78 is 2.47. The first-order valence-electron chi connectivity index (χ1n) is 22.9. The van der Waals surface area contributed by atoms with Crippen molar-refractivity contribution in [3.63, 3.8) is 0 Å². The average Bonchev–Trinajstić information content (AvgIpc) is 3.75. The summed E-state index contributed by atoms with van der Waals surface area (Å²) in [5, 5.41) is 7.39. The van der Waals surface area contributed by atoms with Gasteiger partial charge in [-0.15, -0.1) is 0 Å². The molecule has 2 heterocycles. The van der Waals surface area contributed by atoms with Gasteiger partial charge in [0.05, 0.1) is 33.5 Å². The molecule has 0 radical (unpaired) electrons. The topological polar surface area (TPSA) is 30.7 Å². The SMILES string of the molecule is c1ccc(-c2ccc(-c3nc4ccc(-n5c6cc(-c7ccccc7)c7ccccc7c6c6c7ccccc7c(-c7ccccc7)cc65)cc4nc3-c3ccc(-c4ccccc4)cc3)cc2)cc1. The molecule has 0 saturated carbocycles. The number of aromatic nitrogens is 3. The lowest BCUT2D eigenvalue weighted by molar-refractivity contribution is 1.18. The maximum Gasteiger partial charge on any atom is 0.0973 e. The summed E-state index contributed by atoms with van der Waals surface area (Å²) in [6.45, 7) is 0. The van der Waals surface area contributed by atoms with Crippen LogP contribution in [0.1, 0.15) is 0 Å². The van der Waals surface area contributed by atoms with Crippen LogP contribution in [-0.4, -0.2) is 14.5 Å². The van der Waals surface area contributed by atoms with Crippen molar-refractivity contribution >= 4 is 54.4 Å². The number of rotatable bonds is 7.